The minimum absolute atomic E-state index is 0.0188. The van der Waals surface area contributed by atoms with Gasteiger partial charge in [-0.2, -0.15) is 0 Å². The Bertz CT molecular complexity index is 874. The molecule has 25 heavy (non-hydrogen) atoms. The first kappa shape index (κ1) is 15.9. The van der Waals surface area contributed by atoms with Crippen LogP contribution in [0.5, 0.6) is 0 Å². The van der Waals surface area contributed by atoms with Crippen molar-refractivity contribution in [3.05, 3.63) is 52.5 Å². The quantitative estimate of drug-likeness (QED) is 0.620. The Morgan fingerprint density at radius 2 is 1.92 bits per heavy atom. The highest BCUT2D eigenvalue weighted by molar-refractivity contribution is 5.81. The van der Waals surface area contributed by atoms with Gasteiger partial charge in [0, 0.05) is 31.3 Å². The summed E-state index contributed by atoms with van der Waals surface area (Å²) in [6.45, 7) is 0.290. The smallest absolute Gasteiger partial charge is 0.319 e. The SMILES string of the molecule is O=[N+]([O-])c1c(-c2ccccc2F)ccnc1N1CCC2(C1)CC2(F)F. The number of pyridine rings is 1. The van der Waals surface area contributed by atoms with E-state index in [9.17, 15) is 23.3 Å². The molecule has 2 heterocycles. The van der Waals surface area contributed by atoms with Crippen molar-refractivity contribution in [1.82, 2.24) is 4.98 Å². The van der Waals surface area contributed by atoms with Crippen LogP contribution in [-0.4, -0.2) is 28.9 Å². The van der Waals surface area contributed by atoms with E-state index < -0.39 is 22.1 Å². The Morgan fingerprint density at radius 3 is 2.52 bits per heavy atom. The van der Waals surface area contributed by atoms with Crippen molar-refractivity contribution in [2.24, 2.45) is 5.41 Å². The fraction of sp³-hybridized carbons (Fsp3) is 0.353. The summed E-state index contributed by atoms with van der Waals surface area (Å²) < 4.78 is 41.3. The maximum absolute atomic E-state index is 14.1. The first-order chi connectivity index (χ1) is 11.8. The van der Waals surface area contributed by atoms with Gasteiger partial charge in [-0.25, -0.2) is 18.2 Å². The van der Waals surface area contributed by atoms with Gasteiger partial charge < -0.3 is 4.90 Å². The fourth-order valence-corrected chi connectivity index (χ4v) is 3.63. The molecule has 2 fully saturated rings. The molecule has 0 radical (unpaired) electrons. The van der Waals surface area contributed by atoms with Crippen molar-refractivity contribution in [2.45, 2.75) is 18.8 Å². The largest absolute Gasteiger partial charge is 0.350 e. The Balaban J connectivity index is 1.79. The first-order valence-corrected chi connectivity index (χ1v) is 7.86. The molecule has 1 aliphatic heterocycles. The van der Waals surface area contributed by atoms with Crippen molar-refractivity contribution in [3.63, 3.8) is 0 Å². The van der Waals surface area contributed by atoms with Gasteiger partial charge in [-0.3, -0.25) is 10.1 Å². The van der Waals surface area contributed by atoms with E-state index >= 15 is 0 Å². The normalized spacial score (nSPS) is 23.9. The van der Waals surface area contributed by atoms with E-state index in [1.807, 2.05) is 0 Å². The molecule has 8 heteroatoms. The lowest BCUT2D eigenvalue weighted by Gasteiger charge is -2.18. The topological polar surface area (TPSA) is 59.3 Å². The Kier molecular flexibility index (Phi) is 3.28. The molecule has 1 saturated heterocycles. The monoisotopic (exact) mass is 349 g/mol. The second kappa shape index (κ2) is 5.18. The van der Waals surface area contributed by atoms with E-state index in [1.165, 1.54) is 35.4 Å². The summed E-state index contributed by atoms with van der Waals surface area (Å²) in [7, 11) is 0. The van der Waals surface area contributed by atoms with Crippen molar-refractivity contribution in [1.29, 1.82) is 0 Å². The van der Waals surface area contributed by atoms with E-state index in [0.717, 1.165) is 0 Å². The summed E-state index contributed by atoms with van der Waals surface area (Å²) in [5.41, 5.74) is -1.27. The maximum atomic E-state index is 14.1. The zero-order valence-electron chi connectivity index (χ0n) is 13.1. The van der Waals surface area contributed by atoms with Crippen molar-refractivity contribution in [3.8, 4) is 11.1 Å². The maximum Gasteiger partial charge on any atom is 0.319 e. The molecule has 1 aliphatic carbocycles. The number of alkyl halides is 2. The molecular weight excluding hydrogens is 335 g/mol. The minimum atomic E-state index is -2.72. The standard InChI is InChI=1S/C17H14F3N3O2/c18-13-4-2-1-3-11(13)12-5-7-21-15(14(12)23(24)25)22-8-6-16(10-22)9-17(16,19)20/h1-5,7H,6,8-10H2. The summed E-state index contributed by atoms with van der Waals surface area (Å²) in [6, 6.07) is 7.11. The van der Waals surface area contributed by atoms with Crippen molar-refractivity contribution < 1.29 is 18.1 Å². The van der Waals surface area contributed by atoms with E-state index in [1.54, 1.807) is 6.07 Å². The van der Waals surface area contributed by atoms with Crippen LogP contribution in [0.3, 0.4) is 0 Å². The molecule has 1 spiro atoms. The molecule has 0 amide bonds. The Morgan fingerprint density at radius 1 is 1.20 bits per heavy atom. The lowest BCUT2D eigenvalue weighted by molar-refractivity contribution is -0.383. The molecule has 1 atom stereocenters. The number of halogens is 3. The van der Waals surface area contributed by atoms with Gasteiger partial charge in [0.25, 0.3) is 5.92 Å². The molecule has 1 unspecified atom stereocenters. The molecule has 5 nitrogen and oxygen atoms in total. The molecule has 2 aliphatic rings. The number of hydrogen-bond donors (Lipinski definition) is 0. The third-order valence-corrected chi connectivity index (χ3v) is 5.12. The van der Waals surface area contributed by atoms with Crippen LogP contribution in [-0.2, 0) is 0 Å². The second-order valence-corrected chi connectivity index (χ2v) is 6.60. The molecular formula is C17H14F3N3O2. The number of nitrogens with zero attached hydrogens (tertiary/aromatic N) is 3. The molecule has 1 aromatic heterocycles. The van der Waals surface area contributed by atoms with Gasteiger partial charge in [-0.1, -0.05) is 18.2 Å². The van der Waals surface area contributed by atoms with Gasteiger partial charge in [0.2, 0.25) is 5.82 Å². The van der Waals surface area contributed by atoms with Crippen LogP contribution in [0.4, 0.5) is 24.7 Å². The predicted molar refractivity (Wildman–Crippen MR) is 85.1 cm³/mol. The van der Waals surface area contributed by atoms with Crippen LogP contribution >= 0.6 is 0 Å². The van der Waals surface area contributed by atoms with Gasteiger partial charge in [-0.05, 0) is 18.6 Å². The summed E-state index contributed by atoms with van der Waals surface area (Å²) >= 11 is 0. The number of rotatable bonds is 3. The summed E-state index contributed by atoms with van der Waals surface area (Å²) in [5.74, 6) is -3.29. The Hall–Kier alpha value is -2.64. The lowest BCUT2D eigenvalue weighted by Crippen LogP contribution is -2.24. The van der Waals surface area contributed by atoms with E-state index in [4.69, 9.17) is 0 Å². The van der Waals surface area contributed by atoms with Crippen LogP contribution in [0.15, 0.2) is 36.5 Å². The fourth-order valence-electron chi connectivity index (χ4n) is 3.63. The van der Waals surface area contributed by atoms with Crippen molar-refractivity contribution >= 4 is 11.5 Å². The number of hydrogen-bond acceptors (Lipinski definition) is 4. The van der Waals surface area contributed by atoms with Crippen molar-refractivity contribution in [2.75, 3.05) is 18.0 Å². The zero-order chi connectivity index (χ0) is 17.8. The van der Waals surface area contributed by atoms with Crippen LogP contribution < -0.4 is 4.90 Å². The lowest BCUT2D eigenvalue weighted by atomic mass is 10.0. The van der Waals surface area contributed by atoms with E-state index in [2.05, 4.69) is 4.98 Å². The van der Waals surface area contributed by atoms with Gasteiger partial charge >= 0.3 is 5.69 Å². The van der Waals surface area contributed by atoms with E-state index in [0.29, 0.717) is 0 Å². The minimum Gasteiger partial charge on any atom is -0.350 e. The van der Waals surface area contributed by atoms with Gasteiger partial charge in [0.05, 0.1) is 15.9 Å². The second-order valence-electron chi connectivity index (χ2n) is 6.60. The average Bonchev–Trinajstić information content (AvgIpc) is 2.91. The van der Waals surface area contributed by atoms with E-state index in [-0.39, 0.29) is 48.6 Å². The summed E-state index contributed by atoms with van der Waals surface area (Å²) in [4.78, 5) is 16.6. The third kappa shape index (κ3) is 2.35. The van der Waals surface area contributed by atoms with Gasteiger partial charge in [-0.15, -0.1) is 0 Å². The molecule has 130 valence electrons. The highest BCUT2D eigenvalue weighted by Gasteiger charge is 2.72. The van der Waals surface area contributed by atoms with Crippen LogP contribution in [0, 0.1) is 21.3 Å². The summed E-state index contributed by atoms with van der Waals surface area (Å²) in [6.07, 6.45) is 1.42. The molecule has 0 N–H and O–H groups in total. The Labute approximate surface area is 141 Å². The van der Waals surface area contributed by atoms with Crippen LogP contribution in [0.2, 0.25) is 0 Å². The number of benzene rings is 1. The molecule has 0 bridgehead atoms. The average molecular weight is 349 g/mol. The molecule has 4 rings (SSSR count). The molecule has 1 aromatic carbocycles. The van der Waals surface area contributed by atoms with Gasteiger partial charge in [0.1, 0.15) is 5.82 Å². The third-order valence-electron chi connectivity index (χ3n) is 5.12. The first-order valence-electron chi connectivity index (χ1n) is 7.86. The highest BCUT2D eigenvalue weighted by Crippen LogP contribution is 2.65. The number of aromatic nitrogens is 1. The predicted octanol–water partition coefficient (Wildman–Crippen LogP) is 4.03. The number of nitro groups is 1. The molecule has 1 saturated carbocycles. The molecule has 2 aromatic rings. The highest BCUT2D eigenvalue weighted by atomic mass is 19.3. The summed E-state index contributed by atoms with van der Waals surface area (Å²) in [5, 5.41) is 11.7. The number of anilines is 1. The zero-order valence-corrected chi connectivity index (χ0v) is 13.1. The van der Waals surface area contributed by atoms with Crippen LogP contribution in [0.1, 0.15) is 12.8 Å². The van der Waals surface area contributed by atoms with Gasteiger partial charge in [0.15, 0.2) is 0 Å². The van der Waals surface area contributed by atoms with Crippen LogP contribution in [0.25, 0.3) is 11.1 Å².